The summed E-state index contributed by atoms with van der Waals surface area (Å²) >= 11 is 0. The van der Waals surface area contributed by atoms with Crippen molar-refractivity contribution in [1.29, 1.82) is 0 Å². The summed E-state index contributed by atoms with van der Waals surface area (Å²) < 4.78 is 11.4. The van der Waals surface area contributed by atoms with E-state index >= 15 is 0 Å². The highest BCUT2D eigenvalue weighted by molar-refractivity contribution is 5.88. The molecule has 1 N–H and O–H groups in total. The van der Waals surface area contributed by atoms with Gasteiger partial charge in [-0.2, -0.15) is 0 Å². The third kappa shape index (κ3) is 5.27. The molecule has 9 heteroatoms. The number of carbonyl (C=O) groups is 1. The second-order valence-electron chi connectivity index (χ2n) is 9.79. The SMILES string of the molecule is O=C(CC1CC1)N1CCOC(CNc2nc(-c3ccc(N4CCOCC4)cc3)cc3nccnc23)C1. The smallest absolute Gasteiger partial charge is 0.223 e. The van der Waals surface area contributed by atoms with E-state index in [1.807, 2.05) is 11.0 Å². The van der Waals surface area contributed by atoms with Crippen LogP contribution in [0.25, 0.3) is 22.3 Å². The molecule has 0 radical (unpaired) electrons. The predicted molar refractivity (Wildman–Crippen MR) is 138 cm³/mol. The fourth-order valence-electron chi connectivity index (χ4n) is 4.89. The molecule has 2 aliphatic heterocycles. The lowest BCUT2D eigenvalue weighted by atomic mass is 10.1. The number of ether oxygens (including phenoxy) is 2. The minimum atomic E-state index is -0.0908. The van der Waals surface area contributed by atoms with Gasteiger partial charge in [-0.1, -0.05) is 12.1 Å². The molecule has 6 rings (SSSR count). The first-order valence-corrected chi connectivity index (χ1v) is 12.9. The molecule has 0 bridgehead atoms. The predicted octanol–water partition coefficient (Wildman–Crippen LogP) is 2.97. The van der Waals surface area contributed by atoms with Crippen LogP contribution in [0.1, 0.15) is 19.3 Å². The van der Waals surface area contributed by atoms with Gasteiger partial charge in [0.2, 0.25) is 5.91 Å². The van der Waals surface area contributed by atoms with Crippen molar-refractivity contribution in [3.63, 3.8) is 0 Å². The number of anilines is 2. The van der Waals surface area contributed by atoms with Gasteiger partial charge in [0.15, 0.2) is 5.82 Å². The van der Waals surface area contributed by atoms with Crippen molar-refractivity contribution in [2.45, 2.75) is 25.4 Å². The van der Waals surface area contributed by atoms with Crippen LogP contribution in [0.4, 0.5) is 11.5 Å². The fraction of sp³-hybridized carbons (Fsp3) is 0.481. The Morgan fingerprint density at radius 2 is 1.83 bits per heavy atom. The van der Waals surface area contributed by atoms with Crippen LogP contribution >= 0.6 is 0 Å². The van der Waals surface area contributed by atoms with Gasteiger partial charge in [-0.25, -0.2) is 9.97 Å². The van der Waals surface area contributed by atoms with Gasteiger partial charge in [0.25, 0.3) is 0 Å². The Hall–Kier alpha value is -3.30. The molecule has 1 aromatic carbocycles. The molecule has 4 heterocycles. The zero-order valence-electron chi connectivity index (χ0n) is 20.4. The van der Waals surface area contributed by atoms with Crippen LogP contribution in [-0.4, -0.2) is 84.4 Å². The van der Waals surface area contributed by atoms with E-state index in [-0.39, 0.29) is 12.0 Å². The summed E-state index contributed by atoms with van der Waals surface area (Å²) in [5.74, 6) is 1.53. The number of nitrogens with one attached hydrogen (secondary N) is 1. The number of hydrogen-bond acceptors (Lipinski definition) is 8. The van der Waals surface area contributed by atoms with Crippen LogP contribution in [0.3, 0.4) is 0 Å². The Bertz CT molecular complexity index is 1210. The second kappa shape index (κ2) is 10.4. The zero-order chi connectivity index (χ0) is 24.3. The third-order valence-electron chi connectivity index (χ3n) is 7.14. The maximum Gasteiger partial charge on any atom is 0.223 e. The van der Waals surface area contributed by atoms with Crippen molar-refractivity contribution < 1.29 is 14.3 Å². The van der Waals surface area contributed by atoms with Gasteiger partial charge in [-0.3, -0.25) is 9.78 Å². The number of carbonyl (C=O) groups excluding carboxylic acids is 1. The van der Waals surface area contributed by atoms with E-state index in [0.29, 0.717) is 44.4 Å². The number of morpholine rings is 2. The van der Waals surface area contributed by atoms with Gasteiger partial charge in [-0.05, 0) is 37.0 Å². The van der Waals surface area contributed by atoms with Crippen LogP contribution in [0, 0.1) is 5.92 Å². The van der Waals surface area contributed by atoms with Gasteiger partial charge in [0.05, 0.1) is 37.1 Å². The van der Waals surface area contributed by atoms with Gasteiger partial charge in [-0.15, -0.1) is 0 Å². The van der Waals surface area contributed by atoms with Crippen molar-refractivity contribution in [3.8, 4) is 11.3 Å². The highest BCUT2D eigenvalue weighted by atomic mass is 16.5. The minimum absolute atomic E-state index is 0.0908. The summed E-state index contributed by atoms with van der Waals surface area (Å²) in [6.45, 7) is 5.72. The molecule has 9 nitrogen and oxygen atoms in total. The van der Waals surface area contributed by atoms with Gasteiger partial charge in [0, 0.05) is 62.8 Å². The molecule has 2 saturated heterocycles. The molecule has 1 amide bonds. The summed E-state index contributed by atoms with van der Waals surface area (Å²) in [6, 6.07) is 10.5. The molecule has 2 aromatic heterocycles. The maximum absolute atomic E-state index is 12.6. The van der Waals surface area contributed by atoms with Gasteiger partial charge >= 0.3 is 0 Å². The van der Waals surface area contributed by atoms with E-state index in [4.69, 9.17) is 14.5 Å². The van der Waals surface area contributed by atoms with Crippen molar-refractivity contribution in [3.05, 3.63) is 42.7 Å². The van der Waals surface area contributed by atoms with Crippen molar-refractivity contribution in [2.75, 3.05) is 62.8 Å². The summed E-state index contributed by atoms with van der Waals surface area (Å²) in [5, 5.41) is 3.44. The number of amides is 1. The lowest BCUT2D eigenvalue weighted by molar-refractivity contribution is -0.138. The number of hydrogen-bond donors (Lipinski definition) is 1. The average molecular weight is 489 g/mol. The molecule has 36 heavy (non-hydrogen) atoms. The molecule has 188 valence electrons. The van der Waals surface area contributed by atoms with E-state index in [2.05, 4.69) is 44.5 Å². The summed E-state index contributed by atoms with van der Waals surface area (Å²) in [6.07, 6.45) is 6.34. The average Bonchev–Trinajstić information content (AvgIpc) is 3.76. The van der Waals surface area contributed by atoms with Gasteiger partial charge < -0.3 is 24.6 Å². The van der Waals surface area contributed by atoms with Crippen molar-refractivity contribution in [2.24, 2.45) is 5.92 Å². The number of fused-ring (bicyclic) bond motifs is 1. The first kappa shape index (κ1) is 23.1. The fourth-order valence-corrected chi connectivity index (χ4v) is 4.89. The number of rotatable bonds is 7. The number of nitrogens with zero attached hydrogens (tertiary/aromatic N) is 5. The lowest BCUT2D eigenvalue weighted by Crippen LogP contribution is -2.48. The quantitative estimate of drug-likeness (QED) is 0.543. The van der Waals surface area contributed by atoms with Crippen LogP contribution in [0.5, 0.6) is 0 Å². The molecule has 0 spiro atoms. The van der Waals surface area contributed by atoms with Crippen molar-refractivity contribution >= 4 is 28.4 Å². The Balaban J connectivity index is 1.18. The van der Waals surface area contributed by atoms with Crippen LogP contribution < -0.4 is 10.2 Å². The minimum Gasteiger partial charge on any atom is -0.378 e. The number of aromatic nitrogens is 3. The third-order valence-corrected chi connectivity index (χ3v) is 7.14. The Morgan fingerprint density at radius 3 is 2.64 bits per heavy atom. The van der Waals surface area contributed by atoms with E-state index in [1.165, 1.54) is 18.5 Å². The van der Waals surface area contributed by atoms with Crippen LogP contribution in [0.15, 0.2) is 42.7 Å². The van der Waals surface area contributed by atoms with E-state index in [0.717, 1.165) is 48.6 Å². The molecular weight excluding hydrogens is 456 g/mol. The first-order chi connectivity index (χ1) is 17.7. The Labute approximate surface area is 210 Å². The number of pyridine rings is 1. The first-order valence-electron chi connectivity index (χ1n) is 12.9. The molecule has 3 aromatic rings. The number of benzene rings is 1. The topological polar surface area (TPSA) is 92.7 Å². The highest BCUT2D eigenvalue weighted by Crippen LogP contribution is 2.33. The molecule has 1 atom stereocenters. The summed E-state index contributed by atoms with van der Waals surface area (Å²) in [5.41, 5.74) is 4.56. The molecule has 3 aliphatic rings. The largest absolute Gasteiger partial charge is 0.378 e. The molecule has 1 aliphatic carbocycles. The Morgan fingerprint density at radius 1 is 1.03 bits per heavy atom. The molecule has 1 saturated carbocycles. The highest BCUT2D eigenvalue weighted by Gasteiger charge is 2.30. The second-order valence-corrected chi connectivity index (χ2v) is 9.79. The monoisotopic (exact) mass is 488 g/mol. The van der Waals surface area contributed by atoms with Crippen LogP contribution in [0.2, 0.25) is 0 Å². The van der Waals surface area contributed by atoms with Crippen LogP contribution in [-0.2, 0) is 14.3 Å². The lowest BCUT2D eigenvalue weighted by Gasteiger charge is -2.33. The molecule has 3 fully saturated rings. The van der Waals surface area contributed by atoms with Crippen molar-refractivity contribution in [1.82, 2.24) is 19.9 Å². The summed E-state index contributed by atoms with van der Waals surface area (Å²) in [4.78, 5) is 30.8. The zero-order valence-corrected chi connectivity index (χ0v) is 20.4. The van der Waals surface area contributed by atoms with E-state index in [1.54, 1.807) is 12.4 Å². The maximum atomic E-state index is 12.6. The standard InChI is InChI=1S/C27H32N6O3/c34-25(15-19-1-2-19)33-11-14-36-22(18-33)17-30-27-26-24(28-7-8-29-26)16-23(31-27)20-3-5-21(6-4-20)32-9-12-35-13-10-32/h3-8,16,19,22H,1-2,9-15,17-18H2,(H,30,31). The normalized spacial score (nSPS) is 20.5. The Kier molecular flexibility index (Phi) is 6.65. The molecule has 1 unspecified atom stereocenters. The van der Waals surface area contributed by atoms with E-state index in [9.17, 15) is 4.79 Å². The molecular formula is C27H32N6O3. The van der Waals surface area contributed by atoms with Gasteiger partial charge in [0.1, 0.15) is 5.52 Å². The van der Waals surface area contributed by atoms with E-state index < -0.39 is 0 Å². The summed E-state index contributed by atoms with van der Waals surface area (Å²) in [7, 11) is 0.